The van der Waals surface area contributed by atoms with Crippen LogP contribution in [0.3, 0.4) is 0 Å². The van der Waals surface area contributed by atoms with Crippen LogP contribution in [0.25, 0.3) is 0 Å². The van der Waals surface area contributed by atoms with E-state index >= 15 is 0 Å². The number of benzene rings is 1. The van der Waals surface area contributed by atoms with Crippen molar-refractivity contribution in [3.05, 3.63) is 52.9 Å². The van der Waals surface area contributed by atoms with Gasteiger partial charge in [0, 0.05) is 44.9 Å². The fraction of sp³-hybridized carbons (Fsp3) is 0.368. The average molecular weight is 400 g/mol. The van der Waals surface area contributed by atoms with Gasteiger partial charge in [-0.3, -0.25) is 0 Å². The first-order valence-electron chi connectivity index (χ1n) is 9.24. The molecule has 0 bridgehead atoms. The summed E-state index contributed by atoms with van der Waals surface area (Å²) in [6, 6.07) is 8.28. The minimum absolute atomic E-state index is 0.227. The van der Waals surface area contributed by atoms with Crippen molar-refractivity contribution in [2.24, 2.45) is 0 Å². The summed E-state index contributed by atoms with van der Waals surface area (Å²) in [6.45, 7) is 5.79. The number of anilines is 2. The highest BCUT2D eigenvalue weighted by Gasteiger charge is 2.22. The van der Waals surface area contributed by atoms with Gasteiger partial charge >= 0.3 is 0 Å². The van der Waals surface area contributed by atoms with E-state index in [4.69, 9.17) is 4.74 Å². The molecule has 1 aliphatic heterocycles. The Kier molecular flexibility index (Phi) is 5.61. The van der Waals surface area contributed by atoms with Crippen molar-refractivity contribution in [2.75, 3.05) is 42.6 Å². The summed E-state index contributed by atoms with van der Waals surface area (Å²) < 4.78 is 18.5. The van der Waals surface area contributed by atoms with E-state index in [1.807, 2.05) is 6.92 Å². The SMILES string of the molecule is CCOc1ccnc(N2CCN(c3nnc(Cc4ccc(F)cc4)s3)CC2)n1. The number of piperazine rings is 1. The van der Waals surface area contributed by atoms with Gasteiger partial charge in [-0.2, -0.15) is 4.98 Å². The fourth-order valence-corrected chi connectivity index (χ4v) is 3.96. The van der Waals surface area contributed by atoms with Crippen molar-refractivity contribution in [1.29, 1.82) is 0 Å². The van der Waals surface area contributed by atoms with Crippen LogP contribution in [-0.2, 0) is 6.42 Å². The minimum Gasteiger partial charge on any atom is -0.478 e. The lowest BCUT2D eigenvalue weighted by Crippen LogP contribution is -2.47. The largest absolute Gasteiger partial charge is 0.478 e. The van der Waals surface area contributed by atoms with E-state index in [-0.39, 0.29) is 5.82 Å². The van der Waals surface area contributed by atoms with Crippen LogP contribution in [0.2, 0.25) is 0 Å². The Morgan fingerprint density at radius 3 is 2.54 bits per heavy atom. The Morgan fingerprint density at radius 1 is 1.04 bits per heavy atom. The molecule has 7 nitrogen and oxygen atoms in total. The molecule has 146 valence electrons. The predicted molar refractivity (Wildman–Crippen MR) is 107 cm³/mol. The molecule has 0 amide bonds. The second kappa shape index (κ2) is 8.47. The zero-order valence-electron chi connectivity index (χ0n) is 15.6. The molecule has 0 aliphatic carbocycles. The quantitative estimate of drug-likeness (QED) is 0.630. The molecule has 1 saturated heterocycles. The van der Waals surface area contributed by atoms with Crippen LogP contribution in [0.15, 0.2) is 36.5 Å². The summed E-state index contributed by atoms with van der Waals surface area (Å²) >= 11 is 1.58. The number of nitrogens with zero attached hydrogens (tertiary/aromatic N) is 6. The van der Waals surface area contributed by atoms with Crippen LogP contribution in [0, 0.1) is 5.82 Å². The second-order valence-electron chi connectivity index (χ2n) is 6.38. The molecular formula is C19H21FN6OS. The van der Waals surface area contributed by atoms with Crippen molar-refractivity contribution in [2.45, 2.75) is 13.3 Å². The van der Waals surface area contributed by atoms with Crippen molar-refractivity contribution in [3.8, 4) is 5.88 Å². The molecule has 0 atom stereocenters. The van der Waals surface area contributed by atoms with Gasteiger partial charge in [-0.05, 0) is 24.6 Å². The van der Waals surface area contributed by atoms with Gasteiger partial charge in [-0.15, -0.1) is 10.2 Å². The van der Waals surface area contributed by atoms with Crippen molar-refractivity contribution in [1.82, 2.24) is 20.2 Å². The van der Waals surface area contributed by atoms with Crippen molar-refractivity contribution in [3.63, 3.8) is 0 Å². The van der Waals surface area contributed by atoms with Gasteiger partial charge in [0.05, 0.1) is 6.61 Å². The molecular weight excluding hydrogens is 379 g/mol. The summed E-state index contributed by atoms with van der Waals surface area (Å²) in [5, 5.41) is 10.5. The Hall–Kier alpha value is -2.81. The Bertz CT molecular complexity index is 911. The maximum atomic E-state index is 13.0. The van der Waals surface area contributed by atoms with E-state index in [0.717, 1.165) is 41.9 Å². The van der Waals surface area contributed by atoms with Crippen molar-refractivity contribution < 1.29 is 9.13 Å². The number of ether oxygens (including phenoxy) is 1. The average Bonchev–Trinajstić information content (AvgIpc) is 3.19. The molecule has 9 heteroatoms. The molecule has 0 radical (unpaired) electrons. The predicted octanol–water partition coefficient (Wildman–Crippen LogP) is 2.78. The smallest absolute Gasteiger partial charge is 0.228 e. The summed E-state index contributed by atoms with van der Waals surface area (Å²) in [5.41, 5.74) is 1.03. The minimum atomic E-state index is -0.227. The van der Waals surface area contributed by atoms with Crippen LogP contribution < -0.4 is 14.5 Å². The second-order valence-corrected chi connectivity index (χ2v) is 7.42. The molecule has 0 saturated carbocycles. The lowest BCUT2D eigenvalue weighted by atomic mass is 10.2. The zero-order chi connectivity index (χ0) is 19.3. The maximum absolute atomic E-state index is 13.0. The molecule has 2 aromatic heterocycles. The number of hydrogen-bond acceptors (Lipinski definition) is 8. The van der Waals surface area contributed by atoms with E-state index in [1.165, 1.54) is 12.1 Å². The third-order valence-corrected chi connectivity index (χ3v) is 5.45. The molecule has 0 spiro atoms. The molecule has 0 unspecified atom stereocenters. The molecule has 1 fully saturated rings. The molecule has 3 heterocycles. The van der Waals surface area contributed by atoms with E-state index in [9.17, 15) is 4.39 Å². The van der Waals surface area contributed by atoms with Crippen LogP contribution in [0.1, 0.15) is 17.5 Å². The molecule has 1 aromatic carbocycles. The van der Waals surface area contributed by atoms with Gasteiger partial charge in [0.2, 0.25) is 17.0 Å². The van der Waals surface area contributed by atoms with Crippen LogP contribution in [0.4, 0.5) is 15.5 Å². The van der Waals surface area contributed by atoms with E-state index in [2.05, 4.69) is 30.0 Å². The number of rotatable bonds is 6. The standard InChI is InChI=1S/C19H21FN6OS/c1-2-27-16-7-8-21-18(22-16)25-9-11-26(12-10-25)19-24-23-17(28-19)13-14-3-5-15(20)6-4-14/h3-8H,2,9-13H2,1H3. The summed E-state index contributed by atoms with van der Waals surface area (Å²) in [6.07, 6.45) is 2.39. The molecule has 0 N–H and O–H groups in total. The fourth-order valence-electron chi connectivity index (χ4n) is 3.03. The van der Waals surface area contributed by atoms with Crippen molar-refractivity contribution >= 4 is 22.4 Å². The summed E-state index contributed by atoms with van der Waals surface area (Å²) in [5.74, 6) is 1.07. The lowest BCUT2D eigenvalue weighted by molar-refractivity contribution is 0.326. The Balaban J connectivity index is 1.36. The first kappa shape index (κ1) is 18.5. The van der Waals surface area contributed by atoms with Gasteiger partial charge in [0.25, 0.3) is 0 Å². The number of halogens is 1. The topological polar surface area (TPSA) is 67.3 Å². The molecule has 1 aliphatic rings. The highest BCUT2D eigenvalue weighted by molar-refractivity contribution is 7.15. The highest BCUT2D eigenvalue weighted by atomic mass is 32.1. The van der Waals surface area contributed by atoms with Crippen LogP contribution >= 0.6 is 11.3 Å². The van der Waals surface area contributed by atoms with Gasteiger partial charge in [0.15, 0.2) is 0 Å². The van der Waals surface area contributed by atoms with Crippen LogP contribution in [0.5, 0.6) is 5.88 Å². The lowest BCUT2D eigenvalue weighted by Gasteiger charge is -2.34. The number of aromatic nitrogens is 4. The van der Waals surface area contributed by atoms with Gasteiger partial charge in [-0.1, -0.05) is 23.5 Å². The highest BCUT2D eigenvalue weighted by Crippen LogP contribution is 2.24. The van der Waals surface area contributed by atoms with E-state index in [0.29, 0.717) is 24.9 Å². The summed E-state index contributed by atoms with van der Waals surface area (Å²) in [7, 11) is 0. The molecule has 28 heavy (non-hydrogen) atoms. The third-order valence-electron chi connectivity index (χ3n) is 4.47. The Labute approximate surface area is 166 Å². The Morgan fingerprint density at radius 2 is 1.79 bits per heavy atom. The maximum Gasteiger partial charge on any atom is 0.228 e. The monoisotopic (exact) mass is 400 g/mol. The summed E-state index contributed by atoms with van der Waals surface area (Å²) in [4.78, 5) is 13.2. The molecule has 4 rings (SSSR count). The molecule has 3 aromatic rings. The van der Waals surface area contributed by atoms with Gasteiger partial charge in [0.1, 0.15) is 10.8 Å². The van der Waals surface area contributed by atoms with Gasteiger partial charge in [-0.25, -0.2) is 9.37 Å². The van der Waals surface area contributed by atoms with Crippen LogP contribution in [-0.4, -0.2) is 53.0 Å². The normalized spacial score (nSPS) is 14.4. The van der Waals surface area contributed by atoms with E-state index in [1.54, 1.807) is 35.7 Å². The number of hydrogen-bond donors (Lipinski definition) is 0. The third kappa shape index (κ3) is 4.36. The van der Waals surface area contributed by atoms with E-state index < -0.39 is 0 Å². The first-order valence-corrected chi connectivity index (χ1v) is 10.1. The zero-order valence-corrected chi connectivity index (χ0v) is 16.4. The van der Waals surface area contributed by atoms with Gasteiger partial charge < -0.3 is 14.5 Å². The first-order chi connectivity index (χ1) is 13.7.